The van der Waals surface area contributed by atoms with E-state index in [1.165, 1.54) is 36.1 Å². The molecule has 0 saturated carbocycles. The number of nitrogens with zero attached hydrogens (tertiary/aromatic N) is 1. The first-order valence-electron chi connectivity index (χ1n) is 10.1. The Morgan fingerprint density at radius 3 is 2.12 bits per heavy atom. The Labute approximate surface area is 195 Å². The molecule has 0 aliphatic carbocycles. The Morgan fingerprint density at radius 1 is 1.03 bits per heavy atom. The number of pyridine rings is 1. The van der Waals surface area contributed by atoms with E-state index in [9.17, 15) is 14.7 Å². The predicted octanol–water partition coefficient (Wildman–Crippen LogP) is 4.42. The maximum Gasteiger partial charge on any atom is 0.328 e. The van der Waals surface area contributed by atoms with Crippen LogP contribution in [-0.4, -0.2) is 41.2 Å². The van der Waals surface area contributed by atoms with Crippen LogP contribution < -0.4 is 10.1 Å². The monoisotopic (exact) mass is 474 g/mol. The van der Waals surface area contributed by atoms with Gasteiger partial charge in [-0.15, -0.1) is 22.7 Å². The zero-order chi connectivity index (χ0) is 23.4. The van der Waals surface area contributed by atoms with Crippen molar-refractivity contribution in [2.24, 2.45) is 0 Å². The highest BCUT2D eigenvalue weighted by Gasteiger charge is 2.30. The zero-order valence-corrected chi connectivity index (χ0v) is 20.2. The van der Waals surface area contributed by atoms with Gasteiger partial charge in [-0.3, -0.25) is 4.79 Å². The van der Waals surface area contributed by atoms with Crippen LogP contribution in [-0.2, 0) is 9.53 Å². The van der Waals surface area contributed by atoms with Crippen molar-refractivity contribution in [1.29, 1.82) is 0 Å². The minimum Gasteiger partial charge on any atom is -0.503 e. The van der Waals surface area contributed by atoms with E-state index in [0.29, 0.717) is 0 Å². The first-order valence-corrected chi connectivity index (χ1v) is 11.7. The van der Waals surface area contributed by atoms with E-state index >= 15 is 0 Å². The van der Waals surface area contributed by atoms with Crippen LogP contribution in [0, 0.1) is 13.8 Å². The number of carbonyl (C=O) groups excluding carboxylic acids is 2. The first kappa shape index (κ1) is 23.7. The molecule has 9 heteroatoms. The molecule has 0 bridgehead atoms. The lowest BCUT2D eigenvalue weighted by Gasteiger charge is -2.24. The Hall–Kier alpha value is -2.91. The molecule has 0 unspecified atom stereocenters. The molecule has 7 nitrogen and oxygen atoms in total. The molecule has 0 aliphatic heterocycles. The van der Waals surface area contributed by atoms with Gasteiger partial charge >= 0.3 is 5.97 Å². The van der Waals surface area contributed by atoms with Gasteiger partial charge in [0.2, 0.25) is 0 Å². The molecule has 32 heavy (non-hydrogen) atoms. The molecular weight excluding hydrogens is 448 g/mol. The second-order valence-electron chi connectivity index (χ2n) is 7.42. The van der Waals surface area contributed by atoms with Crippen molar-refractivity contribution < 1.29 is 24.2 Å². The van der Waals surface area contributed by atoms with Gasteiger partial charge < -0.3 is 19.9 Å². The molecule has 0 spiro atoms. The molecule has 2 N–H and O–H groups in total. The van der Waals surface area contributed by atoms with Gasteiger partial charge in [-0.05, 0) is 52.0 Å². The van der Waals surface area contributed by atoms with Crippen molar-refractivity contribution in [2.75, 3.05) is 7.11 Å². The average Bonchev–Trinajstić information content (AvgIpc) is 3.36. The molecule has 3 aromatic heterocycles. The summed E-state index contributed by atoms with van der Waals surface area (Å²) in [6, 6.07) is 8.73. The number of esters is 1. The van der Waals surface area contributed by atoms with E-state index in [1.54, 1.807) is 22.7 Å². The van der Waals surface area contributed by atoms with Gasteiger partial charge in [0.1, 0.15) is 12.1 Å². The normalized spacial score (nSPS) is 12.9. The number of aromatic hydroxyl groups is 1. The number of methoxy groups -OCH3 is 1. The number of hydrogen-bond acceptors (Lipinski definition) is 8. The topological polar surface area (TPSA) is 97.8 Å². The molecule has 0 fully saturated rings. The maximum absolute atomic E-state index is 12.8. The summed E-state index contributed by atoms with van der Waals surface area (Å²) >= 11 is 3.35. The fourth-order valence-corrected chi connectivity index (χ4v) is 5.54. The number of amides is 1. The molecule has 0 radical (unpaired) electrons. The highest BCUT2D eigenvalue weighted by atomic mass is 32.1. The SMILES string of the molecule is COc1ccnc(C(=O)N[C@@H](C)C(=O)O[C@@H](C)C(c2ccc(C)s2)c2ccc(C)s2)c1O. The van der Waals surface area contributed by atoms with E-state index in [1.807, 2.05) is 20.8 Å². The largest absolute Gasteiger partial charge is 0.503 e. The summed E-state index contributed by atoms with van der Waals surface area (Å²) in [6.07, 6.45) is 0.899. The smallest absolute Gasteiger partial charge is 0.328 e. The molecule has 3 heterocycles. The highest BCUT2D eigenvalue weighted by Crippen LogP contribution is 2.37. The van der Waals surface area contributed by atoms with Crippen LogP contribution in [0.25, 0.3) is 0 Å². The molecule has 3 aromatic rings. The molecule has 1 amide bonds. The van der Waals surface area contributed by atoms with Gasteiger partial charge in [-0.2, -0.15) is 0 Å². The Balaban J connectivity index is 1.72. The average molecular weight is 475 g/mol. The van der Waals surface area contributed by atoms with Crippen molar-refractivity contribution in [1.82, 2.24) is 10.3 Å². The van der Waals surface area contributed by atoms with E-state index in [4.69, 9.17) is 9.47 Å². The highest BCUT2D eigenvalue weighted by molar-refractivity contribution is 7.13. The number of thiophene rings is 2. The number of aromatic nitrogens is 1. The summed E-state index contributed by atoms with van der Waals surface area (Å²) in [5.74, 6) is -1.63. The number of carbonyl (C=O) groups is 2. The second-order valence-corrected chi connectivity index (χ2v) is 10.1. The summed E-state index contributed by atoms with van der Waals surface area (Å²) in [5.41, 5.74) is -0.224. The Bertz CT molecular complexity index is 1070. The van der Waals surface area contributed by atoms with Gasteiger partial charge in [0.05, 0.1) is 13.0 Å². The third-order valence-electron chi connectivity index (χ3n) is 4.93. The first-order chi connectivity index (χ1) is 15.2. The van der Waals surface area contributed by atoms with E-state index in [2.05, 4.69) is 34.6 Å². The maximum atomic E-state index is 12.8. The fraction of sp³-hybridized carbons (Fsp3) is 0.348. The minimum absolute atomic E-state index is 0.0941. The standard InChI is InChI=1S/C23H26N2O5S2/c1-12-6-8-17(31-12)19(18-9-7-13(2)32-18)15(4)30-23(28)14(3)25-22(27)20-21(26)16(29-5)10-11-24-20/h6-11,14-15,19,26H,1-5H3,(H,25,27)/t14-,15-/m0/s1. The molecular formula is C23H26N2O5S2. The van der Waals surface area contributed by atoms with Crippen LogP contribution in [0.4, 0.5) is 0 Å². The summed E-state index contributed by atoms with van der Waals surface area (Å²) in [4.78, 5) is 33.8. The van der Waals surface area contributed by atoms with Crippen molar-refractivity contribution in [3.63, 3.8) is 0 Å². The van der Waals surface area contributed by atoms with Crippen LogP contribution in [0.15, 0.2) is 36.5 Å². The van der Waals surface area contributed by atoms with Gasteiger partial charge in [0.25, 0.3) is 5.91 Å². The molecule has 0 saturated heterocycles. The fourth-order valence-electron chi connectivity index (χ4n) is 3.29. The summed E-state index contributed by atoms with van der Waals surface area (Å²) < 4.78 is 10.8. The number of rotatable bonds is 8. The van der Waals surface area contributed by atoms with E-state index in [-0.39, 0.29) is 23.1 Å². The van der Waals surface area contributed by atoms with Crippen molar-refractivity contribution in [2.45, 2.75) is 45.8 Å². The van der Waals surface area contributed by atoms with Crippen LogP contribution in [0.5, 0.6) is 11.5 Å². The lowest BCUT2D eigenvalue weighted by molar-refractivity contribution is -0.150. The number of hydrogen-bond donors (Lipinski definition) is 2. The second kappa shape index (κ2) is 10.1. The molecule has 0 aromatic carbocycles. The number of nitrogens with one attached hydrogen (secondary N) is 1. The third-order valence-corrected chi connectivity index (χ3v) is 7.10. The van der Waals surface area contributed by atoms with Crippen LogP contribution in [0.2, 0.25) is 0 Å². The molecule has 2 atom stereocenters. The number of ether oxygens (including phenoxy) is 2. The van der Waals surface area contributed by atoms with Gasteiger partial charge in [0, 0.05) is 31.8 Å². The minimum atomic E-state index is -0.937. The van der Waals surface area contributed by atoms with Crippen LogP contribution in [0.1, 0.15) is 49.8 Å². The van der Waals surface area contributed by atoms with Gasteiger partial charge in [0.15, 0.2) is 17.2 Å². The van der Waals surface area contributed by atoms with Crippen molar-refractivity contribution >= 4 is 34.6 Å². The van der Waals surface area contributed by atoms with Crippen LogP contribution >= 0.6 is 22.7 Å². The number of aryl methyl sites for hydroxylation is 2. The zero-order valence-electron chi connectivity index (χ0n) is 18.5. The molecule has 0 aliphatic rings. The van der Waals surface area contributed by atoms with Gasteiger partial charge in [-0.1, -0.05) is 0 Å². The van der Waals surface area contributed by atoms with E-state index < -0.39 is 24.0 Å². The molecule has 3 rings (SSSR count). The molecule has 170 valence electrons. The summed E-state index contributed by atoms with van der Waals surface area (Å²) in [7, 11) is 1.37. The lowest BCUT2D eigenvalue weighted by Crippen LogP contribution is -2.41. The summed E-state index contributed by atoms with van der Waals surface area (Å²) in [6.45, 7) is 7.48. The van der Waals surface area contributed by atoms with Gasteiger partial charge in [-0.25, -0.2) is 9.78 Å². The van der Waals surface area contributed by atoms with Crippen LogP contribution in [0.3, 0.4) is 0 Å². The quantitative estimate of drug-likeness (QED) is 0.469. The van der Waals surface area contributed by atoms with E-state index in [0.717, 1.165) is 9.75 Å². The third kappa shape index (κ3) is 5.28. The lowest BCUT2D eigenvalue weighted by atomic mass is 9.99. The predicted molar refractivity (Wildman–Crippen MR) is 125 cm³/mol. The Kier molecular flexibility index (Phi) is 7.52. The van der Waals surface area contributed by atoms with Crippen molar-refractivity contribution in [3.8, 4) is 11.5 Å². The Morgan fingerprint density at radius 2 is 1.62 bits per heavy atom. The van der Waals surface area contributed by atoms with Crippen molar-refractivity contribution in [3.05, 3.63) is 61.7 Å². The summed E-state index contributed by atoms with van der Waals surface area (Å²) in [5, 5.41) is 12.7.